The summed E-state index contributed by atoms with van der Waals surface area (Å²) in [6, 6.07) is 6.84. The number of aromatic amines is 1. The zero-order valence-corrected chi connectivity index (χ0v) is 13.9. The maximum Gasteiger partial charge on any atom is 0.329 e. The molecule has 2 aliphatic heterocycles. The van der Waals surface area contributed by atoms with Gasteiger partial charge in [-0.2, -0.15) is 0 Å². The van der Waals surface area contributed by atoms with E-state index in [1.807, 2.05) is 0 Å². The largest absolute Gasteiger partial charge is 0.368 e. The van der Waals surface area contributed by atoms with Gasteiger partial charge in [-0.1, -0.05) is 12.1 Å². The van der Waals surface area contributed by atoms with E-state index in [4.69, 9.17) is 4.74 Å². The lowest BCUT2D eigenvalue weighted by atomic mass is 10.0. The first-order chi connectivity index (χ1) is 12.1. The van der Waals surface area contributed by atoms with Crippen molar-refractivity contribution in [1.82, 2.24) is 14.5 Å². The monoisotopic (exact) mass is 343 g/mol. The Morgan fingerprint density at radius 2 is 1.88 bits per heavy atom. The van der Waals surface area contributed by atoms with Crippen molar-refractivity contribution in [3.8, 4) is 0 Å². The minimum Gasteiger partial charge on any atom is -0.368 e. The Morgan fingerprint density at radius 1 is 1.12 bits per heavy atom. The van der Waals surface area contributed by atoms with E-state index in [0.29, 0.717) is 43.4 Å². The number of likely N-dealkylation sites (tertiary alicyclic amines) is 1. The third-order valence-corrected chi connectivity index (χ3v) is 5.18. The van der Waals surface area contributed by atoms with Gasteiger partial charge in [-0.25, -0.2) is 4.79 Å². The van der Waals surface area contributed by atoms with E-state index in [-0.39, 0.29) is 29.3 Å². The van der Waals surface area contributed by atoms with Crippen LogP contribution in [0.2, 0.25) is 0 Å². The lowest BCUT2D eigenvalue weighted by Crippen LogP contribution is -2.47. The number of nitrogens with zero attached hydrogens (tertiary/aromatic N) is 2. The molecule has 1 aromatic carbocycles. The average Bonchev–Trinajstić information content (AvgIpc) is 3.16. The quantitative estimate of drug-likeness (QED) is 0.883. The topological polar surface area (TPSA) is 84.4 Å². The smallest absolute Gasteiger partial charge is 0.329 e. The Labute approximate surface area is 144 Å². The van der Waals surface area contributed by atoms with Crippen LogP contribution in [0.25, 0.3) is 10.9 Å². The molecule has 132 valence electrons. The molecule has 7 heteroatoms. The summed E-state index contributed by atoms with van der Waals surface area (Å²) in [5, 5.41) is 0.514. The van der Waals surface area contributed by atoms with Gasteiger partial charge < -0.3 is 14.6 Å². The number of benzene rings is 1. The van der Waals surface area contributed by atoms with E-state index in [1.165, 1.54) is 4.57 Å². The van der Waals surface area contributed by atoms with Gasteiger partial charge >= 0.3 is 5.69 Å². The Morgan fingerprint density at radius 3 is 2.60 bits per heavy atom. The Balaban J connectivity index is 1.55. The maximum atomic E-state index is 12.7. The zero-order valence-electron chi connectivity index (χ0n) is 13.9. The highest BCUT2D eigenvalue weighted by atomic mass is 16.5. The molecule has 25 heavy (non-hydrogen) atoms. The Hall–Kier alpha value is -2.41. The van der Waals surface area contributed by atoms with Crippen LogP contribution in [-0.2, 0) is 9.53 Å². The molecule has 1 N–H and O–H groups in total. The van der Waals surface area contributed by atoms with Crippen molar-refractivity contribution < 1.29 is 9.53 Å². The van der Waals surface area contributed by atoms with Crippen molar-refractivity contribution in [3.05, 3.63) is 45.1 Å². The second-order valence-corrected chi connectivity index (χ2v) is 6.71. The molecule has 2 aliphatic rings. The van der Waals surface area contributed by atoms with Crippen molar-refractivity contribution in [1.29, 1.82) is 0 Å². The molecule has 7 nitrogen and oxygen atoms in total. The molecule has 0 radical (unpaired) electrons. The molecular formula is C18H21N3O4. The standard InChI is InChI=1S/C18H21N3O4/c22-16-13-4-1-2-5-14(13)19-18(24)21(16)12-7-9-20(10-8-12)17(23)15-6-3-11-25-15/h1-2,4-5,12,15H,3,6-11H2,(H,19,24). The van der Waals surface area contributed by atoms with Crippen LogP contribution >= 0.6 is 0 Å². The fraction of sp³-hybridized carbons (Fsp3) is 0.500. The van der Waals surface area contributed by atoms with Gasteiger partial charge in [0.25, 0.3) is 11.5 Å². The first-order valence-corrected chi connectivity index (χ1v) is 8.79. The molecule has 4 rings (SSSR count). The summed E-state index contributed by atoms with van der Waals surface area (Å²) in [7, 11) is 0. The van der Waals surface area contributed by atoms with Crippen LogP contribution in [0, 0.1) is 0 Å². The van der Waals surface area contributed by atoms with Crippen molar-refractivity contribution in [2.75, 3.05) is 19.7 Å². The molecule has 2 saturated heterocycles. The van der Waals surface area contributed by atoms with Gasteiger partial charge in [-0.15, -0.1) is 0 Å². The minimum absolute atomic E-state index is 0.0377. The van der Waals surface area contributed by atoms with Crippen LogP contribution in [0.4, 0.5) is 0 Å². The van der Waals surface area contributed by atoms with Crippen molar-refractivity contribution in [2.24, 2.45) is 0 Å². The van der Waals surface area contributed by atoms with E-state index in [2.05, 4.69) is 4.98 Å². The molecule has 0 saturated carbocycles. The van der Waals surface area contributed by atoms with Crippen LogP contribution < -0.4 is 11.2 Å². The molecule has 0 bridgehead atoms. The van der Waals surface area contributed by atoms with Gasteiger partial charge in [0.15, 0.2) is 0 Å². The van der Waals surface area contributed by atoms with Crippen molar-refractivity contribution in [3.63, 3.8) is 0 Å². The number of para-hydroxylation sites is 1. The zero-order chi connectivity index (χ0) is 17.4. The number of amides is 1. The van der Waals surface area contributed by atoms with Crippen LogP contribution in [0.15, 0.2) is 33.9 Å². The predicted octanol–water partition coefficient (Wildman–Crippen LogP) is 1.03. The normalized spacial score (nSPS) is 21.8. The third-order valence-electron chi connectivity index (χ3n) is 5.18. The molecule has 0 spiro atoms. The summed E-state index contributed by atoms with van der Waals surface area (Å²) < 4.78 is 6.78. The second kappa shape index (κ2) is 6.48. The number of carbonyl (C=O) groups is 1. The Kier molecular flexibility index (Phi) is 4.17. The summed E-state index contributed by atoms with van der Waals surface area (Å²) in [4.78, 5) is 42.1. The van der Waals surface area contributed by atoms with Gasteiger partial charge in [-0.3, -0.25) is 14.2 Å². The van der Waals surface area contributed by atoms with Gasteiger partial charge in [0.2, 0.25) is 0 Å². The lowest BCUT2D eigenvalue weighted by Gasteiger charge is -2.33. The number of piperidine rings is 1. The molecule has 2 aromatic rings. The number of ether oxygens (including phenoxy) is 1. The number of hydrogen-bond donors (Lipinski definition) is 1. The van der Waals surface area contributed by atoms with E-state index < -0.39 is 0 Å². The summed E-state index contributed by atoms with van der Waals surface area (Å²) in [5.74, 6) is 0.0377. The third kappa shape index (κ3) is 2.89. The van der Waals surface area contributed by atoms with Crippen LogP contribution in [-0.4, -0.2) is 46.2 Å². The van der Waals surface area contributed by atoms with E-state index in [0.717, 1.165) is 12.8 Å². The number of hydrogen-bond acceptors (Lipinski definition) is 4. The number of aromatic nitrogens is 2. The fourth-order valence-corrected chi connectivity index (χ4v) is 3.83. The summed E-state index contributed by atoms with van der Waals surface area (Å²) in [6.45, 7) is 1.73. The molecule has 0 aliphatic carbocycles. The average molecular weight is 343 g/mol. The Bertz CT molecular complexity index is 902. The van der Waals surface area contributed by atoms with Gasteiger partial charge in [0.1, 0.15) is 6.10 Å². The molecule has 1 unspecified atom stereocenters. The molecule has 2 fully saturated rings. The fourth-order valence-electron chi connectivity index (χ4n) is 3.83. The molecule has 1 amide bonds. The van der Waals surface area contributed by atoms with E-state index in [1.54, 1.807) is 29.2 Å². The first kappa shape index (κ1) is 16.1. The van der Waals surface area contributed by atoms with Crippen molar-refractivity contribution >= 4 is 16.8 Å². The number of nitrogens with one attached hydrogen (secondary N) is 1. The van der Waals surface area contributed by atoms with Gasteiger partial charge in [0.05, 0.1) is 10.9 Å². The van der Waals surface area contributed by atoms with Crippen LogP contribution in [0.5, 0.6) is 0 Å². The van der Waals surface area contributed by atoms with Crippen molar-refractivity contribution in [2.45, 2.75) is 37.8 Å². The second-order valence-electron chi connectivity index (χ2n) is 6.71. The van der Waals surface area contributed by atoms with Gasteiger partial charge in [0, 0.05) is 25.7 Å². The predicted molar refractivity (Wildman–Crippen MR) is 92.7 cm³/mol. The molecule has 1 aromatic heterocycles. The number of carbonyl (C=O) groups excluding carboxylic acids is 1. The first-order valence-electron chi connectivity index (χ1n) is 8.79. The van der Waals surface area contributed by atoms with Crippen LogP contribution in [0.1, 0.15) is 31.7 Å². The summed E-state index contributed by atoms with van der Waals surface area (Å²) >= 11 is 0. The molecule has 3 heterocycles. The lowest BCUT2D eigenvalue weighted by molar-refractivity contribution is -0.142. The highest BCUT2D eigenvalue weighted by molar-refractivity contribution is 5.81. The highest BCUT2D eigenvalue weighted by Gasteiger charge is 2.32. The highest BCUT2D eigenvalue weighted by Crippen LogP contribution is 2.23. The minimum atomic E-state index is -0.382. The van der Waals surface area contributed by atoms with Crippen LogP contribution in [0.3, 0.4) is 0 Å². The molecular weight excluding hydrogens is 322 g/mol. The summed E-state index contributed by atoms with van der Waals surface area (Å²) in [6.07, 6.45) is 2.58. The number of fused-ring (bicyclic) bond motifs is 1. The van der Waals surface area contributed by atoms with E-state index >= 15 is 0 Å². The van der Waals surface area contributed by atoms with Gasteiger partial charge in [-0.05, 0) is 37.8 Å². The maximum absolute atomic E-state index is 12.7. The molecule has 1 atom stereocenters. The summed E-state index contributed by atoms with van der Waals surface area (Å²) in [5.41, 5.74) is -0.0874. The SMILES string of the molecule is O=C(C1CCCO1)N1CCC(n2c(=O)[nH]c3ccccc3c2=O)CC1. The van der Waals surface area contributed by atoms with E-state index in [9.17, 15) is 14.4 Å². The number of H-pyrrole nitrogens is 1. The number of rotatable bonds is 2.